The molecule has 138 valence electrons. The fraction of sp³-hybridized carbons (Fsp3) is 0.250. The molecule has 1 atom stereocenters. The quantitative estimate of drug-likeness (QED) is 0.677. The van der Waals surface area contributed by atoms with E-state index in [1.54, 1.807) is 12.1 Å². The topological polar surface area (TPSA) is 50.7 Å². The van der Waals surface area contributed by atoms with Gasteiger partial charge < -0.3 is 5.32 Å². The summed E-state index contributed by atoms with van der Waals surface area (Å²) in [5, 5.41) is 3.21. The van der Waals surface area contributed by atoms with Gasteiger partial charge in [0.15, 0.2) is 11.5 Å². The van der Waals surface area contributed by atoms with E-state index < -0.39 is 11.9 Å². The third-order valence-corrected chi connectivity index (χ3v) is 4.51. The van der Waals surface area contributed by atoms with Crippen molar-refractivity contribution in [1.29, 1.82) is 0 Å². The normalized spacial score (nSPS) is 15.4. The molecule has 3 aromatic rings. The molecule has 1 N–H and O–H groups in total. The van der Waals surface area contributed by atoms with Gasteiger partial charge in [-0.3, -0.25) is 4.98 Å². The number of anilines is 1. The maximum Gasteiger partial charge on any atom is 0.433 e. The Hall–Kier alpha value is -2.96. The SMILES string of the molecule is FC(F)(F)c1cc(NC(c2ccccc2)C2CC2)nc(-c2ccncc2)n1. The second kappa shape index (κ2) is 6.98. The third-order valence-electron chi connectivity index (χ3n) is 4.51. The van der Waals surface area contributed by atoms with Crippen LogP contribution in [0.25, 0.3) is 11.4 Å². The first kappa shape index (κ1) is 17.5. The van der Waals surface area contributed by atoms with Crippen LogP contribution >= 0.6 is 0 Å². The number of alkyl halides is 3. The van der Waals surface area contributed by atoms with E-state index in [1.807, 2.05) is 30.3 Å². The summed E-state index contributed by atoms with van der Waals surface area (Å²) in [7, 11) is 0. The summed E-state index contributed by atoms with van der Waals surface area (Å²) in [5.74, 6) is 0.586. The van der Waals surface area contributed by atoms with Gasteiger partial charge >= 0.3 is 6.18 Å². The van der Waals surface area contributed by atoms with Crippen LogP contribution in [0.2, 0.25) is 0 Å². The van der Waals surface area contributed by atoms with E-state index in [0.717, 1.165) is 24.5 Å². The molecule has 1 fully saturated rings. The largest absolute Gasteiger partial charge is 0.433 e. The number of halogens is 3. The van der Waals surface area contributed by atoms with E-state index >= 15 is 0 Å². The molecule has 0 spiro atoms. The summed E-state index contributed by atoms with van der Waals surface area (Å²) in [6.45, 7) is 0. The van der Waals surface area contributed by atoms with Crippen molar-refractivity contribution in [2.24, 2.45) is 5.92 Å². The molecular weight excluding hydrogens is 353 g/mol. The van der Waals surface area contributed by atoms with Crippen LogP contribution < -0.4 is 5.32 Å². The van der Waals surface area contributed by atoms with Gasteiger partial charge in [-0.25, -0.2) is 9.97 Å². The molecule has 2 aromatic heterocycles. The number of hydrogen-bond donors (Lipinski definition) is 1. The van der Waals surface area contributed by atoms with Crippen LogP contribution in [0.5, 0.6) is 0 Å². The highest BCUT2D eigenvalue weighted by Gasteiger charge is 2.36. The molecular formula is C20H17F3N4. The van der Waals surface area contributed by atoms with E-state index in [9.17, 15) is 13.2 Å². The van der Waals surface area contributed by atoms with Gasteiger partial charge in [0.1, 0.15) is 5.82 Å². The lowest BCUT2D eigenvalue weighted by molar-refractivity contribution is -0.141. The Kier molecular flexibility index (Phi) is 4.51. The van der Waals surface area contributed by atoms with Crippen molar-refractivity contribution >= 4 is 5.82 Å². The van der Waals surface area contributed by atoms with Crippen molar-refractivity contribution in [1.82, 2.24) is 15.0 Å². The molecule has 2 heterocycles. The fourth-order valence-electron chi connectivity index (χ4n) is 3.02. The molecule has 27 heavy (non-hydrogen) atoms. The monoisotopic (exact) mass is 370 g/mol. The number of nitrogens with zero attached hydrogens (tertiary/aromatic N) is 3. The summed E-state index contributed by atoms with van der Waals surface area (Å²) < 4.78 is 40.1. The van der Waals surface area contributed by atoms with Crippen LogP contribution in [-0.2, 0) is 6.18 Å². The molecule has 1 saturated carbocycles. The lowest BCUT2D eigenvalue weighted by Crippen LogP contribution is -2.16. The Morgan fingerprint density at radius 2 is 1.67 bits per heavy atom. The van der Waals surface area contributed by atoms with Crippen molar-refractivity contribution in [2.45, 2.75) is 25.1 Å². The Morgan fingerprint density at radius 1 is 0.963 bits per heavy atom. The minimum atomic E-state index is -4.55. The van der Waals surface area contributed by atoms with Crippen LogP contribution in [0.1, 0.15) is 30.1 Å². The number of benzene rings is 1. The number of hydrogen-bond acceptors (Lipinski definition) is 4. The highest BCUT2D eigenvalue weighted by atomic mass is 19.4. The van der Waals surface area contributed by atoms with Gasteiger partial charge in [0.2, 0.25) is 0 Å². The molecule has 4 nitrogen and oxygen atoms in total. The van der Waals surface area contributed by atoms with Crippen molar-refractivity contribution in [3.63, 3.8) is 0 Å². The summed E-state index contributed by atoms with van der Waals surface area (Å²) >= 11 is 0. The van der Waals surface area contributed by atoms with Crippen LogP contribution in [-0.4, -0.2) is 15.0 Å². The van der Waals surface area contributed by atoms with Crippen LogP contribution in [0.3, 0.4) is 0 Å². The molecule has 0 bridgehead atoms. The second-order valence-electron chi connectivity index (χ2n) is 6.57. The average molecular weight is 370 g/mol. The predicted molar refractivity (Wildman–Crippen MR) is 95.8 cm³/mol. The maximum absolute atomic E-state index is 13.4. The lowest BCUT2D eigenvalue weighted by Gasteiger charge is -2.20. The van der Waals surface area contributed by atoms with Crippen molar-refractivity contribution < 1.29 is 13.2 Å². The summed E-state index contributed by atoms with van der Waals surface area (Å²) in [6, 6.07) is 13.8. The molecule has 0 saturated heterocycles. The summed E-state index contributed by atoms with van der Waals surface area (Å²) in [6.07, 6.45) is 0.539. The molecule has 4 rings (SSSR count). The van der Waals surface area contributed by atoms with E-state index in [4.69, 9.17) is 0 Å². The smallest absolute Gasteiger partial charge is 0.363 e. The molecule has 1 aliphatic rings. The zero-order chi connectivity index (χ0) is 18.9. The first-order chi connectivity index (χ1) is 13.0. The minimum Gasteiger partial charge on any atom is -0.363 e. The standard InChI is InChI=1S/C20H17F3N4/c21-20(22,23)16-12-17(27-19(25-16)15-8-10-24-11-9-15)26-18(14-6-7-14)13-4-2-1-3-5-13/h1-5,8-12,14,18H,6-7H2,(H,25,26,27). The summed E-state index contributed by atoms with van der Waals surface area (Å²) in [4.78, 5) is 11.9. The van der Waals surface area contributed by atoms with Crippen LogP contribution in [0.4, 0.5) is 19.0 Å². The Labute approximate surface area is 154 Å². The van der Waals surface area contributed by atoms with Gasteiger partial charge in [0.05, 0.1) is 6.04 Å². The van der Waals surface area contributed by atoms with Gasteiger partial charge in [0.25, 0.3) is 0 Å². The Bertz CT molecular complexity index is 910. The van der Waals surface area contributed by atoms with E-state index in [-0.39, 0.29) is 17.7 Å². The van der Waals surface area contributed by atoms with Crippen LogP contribution in [0.15, 0.2) is 60.9 Å². The Morgan fingerprint density at radius 3 is 2.30 bits per heavy atom. The molecule has 1 aliphatic carbocycles. The van der Waals surface area contributed by atoms with E-state index in [0.29, 0.717) is 11.5 Å². The molecule has 7 heteroatoms. The van der Waals surface area contributed by atoms with Crippen molar-refractivity contribution in [3.05, 3.63) is 72.2 Å². The van der Waals surface area contributed by atoms with Crippen molar-refractivity contribution in [2.75, 3.05) is 5.32 Å². The number of pyridine rings is 1. The van der Waals surface area contributed by atoms with Crippen LogP contribution in [0, 0.1) is 5.92 Å². The number of rotatable bonds is 5. The Balaban J connectivity index is 1.73. The zero-order valence-electron chi connectivity index (χ0n) is 14.3. The molecule has 1 aromatic carbocycles. The highest BCUT2D eigenvalue weighted by Crippen LogP contribution is 2.43. The van der Waals surface area contributed by atoms with Gasteiger partial charge in [-0.15, -0.1) is 0 Å². The first-order valence-electron chi connectivity index (χ1n) is 8.69. The molecule has 0 amide bonds. The molecule has 0 aliphatic heterocycles. The fourth-order valence-corrected chi connectivity index (χ4v) is 3.02. The summed E-state index contributed by atoms with van der Waals surface area (Å²) in [5.41, 5.74) is 0.564. The first-order valence-corrected chi connectivity index (χ1v) is 8.69. The third kappa shape index (κ3) is 4.07. The van der Waals surface area contributed by atoms with Gasteiger partial charge in [-0.2, -0.15) is 13.2 Å². The van der Waals surface area contributed by atoms with E-state index in [1.165, 1.54) is 12.4 Å². The molecule has 0 radical (unpaired) electrons. The molecule has 1 unspecified atom stereocenters. The predicted octanol–water partition coefficient (Wildman–Crippen LogP) is 5.12. The lowest BCUT2D eigenvalue weighted by atomic mass is 10.0. The van der Waals surface area contributed by atoms with E-state index in [2.05, 4.69) is 20.3 Å². The zero-order valence-corrected chi connectivity index (χ0v) is 14.3. The maximum atomic E-state index is 13.4. The van der Waals surface area contributed by atoms with Gasteiger partial charge in [-0.05, 0) is 36.5 Å². The second-order valence-corrected chi connectivity index (χ2v) is 6.57. The average Bonchev–Trinajstić information content (AvgIpc) is 3.52. The highest BCUT2D eigenvalue weighted by molar-refractivity contribution is 5.57. The van der Waals surface area contributed by atoms with Gasteiger partial charge in [0, 0.05) is 24.0 Å². The number of nitrogens with one attached hydrogen (secondary N) is 1. The minimum absolute atomic E-state index is 0.0253. The van der Waals surface area contributed by atoms with Crippen molar-refractivity contribution in [3.8, 4) is 11.4 Å². The number of aromatic nitrogens is 3. The van der Waals surface area contributed by atoms with Gasteiger partial charge in [-0.1, -0.05) is 30.3 Å².